The minimum absolute atomic E-state index is 0.345. The zero-order valence-corrected chi connectivity index (χ0v) is 9.02. The van der Waals surface area contributed by atoms with Gasteiger partial charge in [-0.3, -0.25) is 5.10 Å². The fourth-order valence-corrected chi connectivity index (χ4v) is 1.60. The van der Waals surface area contributed by atoms with Crippen LogP contribution in [0.5, 0.6) is 0 Å². The van der Waals surface area contributed by atoms with Crippen LogP contribution in [0, 0.1) is 4.77 Å². The molecule has 0 saturated heterocycles. The van der Waals surface area contributed by atoms with Gasteiger partial charge in [0, 0.05) is 19.6 Å². The maximum Gasteiger partial charge on any atom is 0.195 e. The Morgan fingerprint density at radius 3 is 2.85 bits per heavy atom. The van der Waals surface area contributed by atoms with E-state index in [2.05, 4.69) is 24.0 Å². The Morgan fingerprint density at radius 1 is 1.62 bits per heavy atom. The summed E-state index contributed by atoms with van der Waals surface area (Å²) in [5.41, 5.74) is 0. The van der Waals surface area contributed by atoms with E-state index in [4.69, 9.17) is 17.0 Å². The quantitative estimate of drug-likeness (QED) is 0.754. The summed E-state index contributed by atoms with van der Waals surface area (Å²) in [4.78, 5) is 0. The molecule has 0 bridgehead atoms. The zero-order chi connectivity index (χ0) is 9.84. The summed E-state index contributed by atoms with van der Waals surface area (Å²) in [6, 6.07) is 0.345. The highest BCUT2D eigenvalue weighted by atomic mass is 32.1. The predicted molar refractivity (Wildman–Crippen MR) is 53.4 cm³/mol. The van der Waals surface area contributed by atoms with E-state index in [-0.39, 0.29) is 0 Å². The summed E-state index contributed by atoms with van der Waals surface area (Å²) >= 11 is 5.10. The monoisotopic (exact) mass is 201 g/mol. The number of nitrogens with one attached hydrogen (secondary N) is 1. The first kappa shape index (κ1) is 10.4. The molecule has 74 valence electrons. The van der Waals surface area contributed by atoms with Crippen LogP contribution in [0.1, 0.15) is 25.7 Å². The van der Waals surface area contributed by atoms with Crippen molar-refractivity contribution < 1.29 is 4.74 Å². The van der Waals surface area contributed by atoms with Crippen molar-refractivity contribution in [1.82, 2.24) is 14.8 Å². The van der Waals surface area contributed by atoms with Crippen molar-refractivity contribution in [1.29, 1.82) is 0 Å². The highest BCUT2D eigenvalue weighted by Crippen LogP contribution is 2.08. The third-order valence-electron chi connectivity index (χ3n) is 1.82. The molecular weight excluding hydrogens is 186 g/mol. The maximum absolute atomic E-state index is 5.10. The van der Waals surface area contributed by atoms with Gasteiger partial charge in [0.25, 0.3) is 0 Å². The van der Waals surface area contributed by atoms with E-state index < -0.39 is 0 Å². The molecule has 1 aromatic heterocycles. The minimum Gasteiger partial charge on any atom is -0.384 e. The number of hydrogen-bond donors (Lipinski definition) is 1. The summed E-state index contributed by atoms with van der Waals surface area (Å²) in [6.45, 7) is 4.84. The van der Waals surface area contributed by atoms with E-state index in [1.54, 1.807) is 7.11 Å². The summed E-state index contributed by atoms with van der Waals surface area (Å²) in [5.74, 6) is 0.960. The largest absolute Gasteiger partial charge is 0.384 e. The number of aromatic amines is 1. The average Bonchev–Trinajstić information content (AvgIpc) is 2.43. The van der Waals surface area contributed by atoms with Crippen molar-refractivity contribution in [2.75, 3.05) is 13.7 Å². The van der Waals surface area contributed by atoms with Gasteiger partial charge < -0.3 is 9.30 Å². The van der Waals surface area contributed by atoms with E-state index in [0.29, 0.717) is 17.4 Å². The van der Waals surface area contributed by atoms with Gasteiger partial charge >= 0.3 is 0 Å². The lowest BCUT2D eigenvalue weighted by molar-refractivity contribution is 0.199. The van der Waals surface area contributed by atoms with Crippen LogP contribution in [-0.4, -0.2) is 28.5 Å². The van der Waals surface area contributed by atoms with Crippen LogP contribution >= 0.6 is 12.2 Å². The van der Waals surface area contributed by atoms with Gasteiger partial charge in [0.1, 0.15) is 5.82 Å². The predicted octanol–water partition coefficient (Wildman–Crippen LogP) is 1.71. The first-order chi connectivity index (χ1) is 6.16. The van der Waals surface area contributed by atoms with E-state index in [0.717, 1.165) is 12.2 Å². The fourth-order valence-electron chi connectivity index (χ4n) is 1.24. The molecule has 0 unspecified atom stereocenters. The van der Waals surface area contributed by atoms with E-state index in [1.807, 2.05) is 4.57 Å². The SMILES string of the molecule is COCCc1n[nH]c(=S)n1C(C)C. The zero-order valence-electron chi connectivity index (χ0n) is 8.20. The Bertz CT molecular complexity index is 315. The van der Waals surface area contributed by atoms with Gasteiger partial charge in [0.15, 0.2) is 4.77 Å². The van der Waals surface area contributed by atoms with Gasteiger partial charge in [-0.2, -0.15) is 5.10 Å². The topological polar surface area (TPSA) is 42.8 Å². The Kier molecular flexibility index (Phi) is 3.62. The number of nitrogens with zero attached hydrogens (tertiary/aromatic N) is 2. The van der Waals surface area contributed by atoms with Gasteiger partial charge in [0.2, 0.25) is 0 Å². The van der Waals surface area contributed by atoms with Crippen LogP contribution in [0.15, 0.2) is 0 Å². The van der Waals surface area contributed by atoms with Crippen LogP contribution in [0.3, 0.4) is 0 Å². The number of ether oxygens (including phenoxy) is 1. The van der Waals surface area contributed by atoms with E-state index >= 15 is 0 Å². The van der Waals surface area contributed by atoms with Crippen molar-refractivity contribution >= 4 is 12.2 Å². The maximum atomic E-state index is 5.10. The summed E-state index contributed by atoms with van der Waals surface area (Å²) in [5, 5.41) is 6.93. The third kappa shape index (κ3) is 2.38. The number of rotatable bonds is 4. The number of methoxy groups -OCH3 is 1. The normalized spacial score (nSPS) is 11.1. The highest BCUT2D eigenvalue weighted by Gasteiger charge is 2.07. The molecule has 0 atom stereocenters. The number of H-pyrrole nitrogens is 1. The average molecular weight is 201 g/mol. The second-order valence-corrected chi connectivity index (χ2v) is 3.54. The molecule has 4 nitrogen and oxygen atoms in total. The standard InChI is InChI=1S/C8H15N3OS/c1-6(2)11-7(4-5-12-3)9-10-8(11)13/h6H,4-5H2,1-3H3,(H,10,13). The van der Waals surface area contributed by atoms with Crippen molar-refractivity contribution in [3.8, 4) is 0 Å². The van der Waals surface area contributed by atoms with Crippen LogP contribution in [0.25, 0.3) is 0 Å². The molecule has 1 N–H and O–H groups in total. The lowest BCUT2D eigenvalue weighted by Crippen LogP contribution is -2.08. The van der Waals surface area contributed by atoms with E-state index in [1.165, 1.54) is 0 Å². The Labute approximate surface area is 82.9 Å². The molecule has 0 aliphatic rings. The second-order valence-electron chi connectivity index (χ2n) is 3.15. The molecule has 5 heteroatoms. The second kappa shape index (κ2) is 4.53. The first-order valence-electron chi connectivity index (χ1n) is 4.31. The summed E-state index contributed by atoms with van der Waals surface area (Å²) in [6.07, 6.45) is 0.793. The Balaban J connectivity index is 2.87. The molecular formula is C8H15N3OS. The Morgan fingerprint density at radius 2 is 2.31 bits per heavy atom. The van der Waals surface area contributed by atoms with Gasteiger partial charge in [-0.15, -0.1) is 0 Å². The van der Waals surface area contributed by atoms with Crippen LogP contribution < -0.4 is 0 Å². The molecule has 1 heterocycles. The molecule has 0 amide bonds. The first-order valence-corrected chi connectivity index (χ1v) is 4.72. The van der Waals surface area contributed by atoms with Crippen LogP contribution in [0.2, 0.25) is 0 Å². The minimum atomic E-state index is 0.345. The van der Waals surface area contributed by atoms with Gasteiger partial charge in [-0.05, 0) is 26.1 Å². The molecule has 0 aliphatic heterocycles. The molecule has 1 aromatic rings. The molecule has 0 aromatic carbocycles. The van der Waals surface area contributed by atoms with Crippen molar-refractivity contribution in [3.63, 3.8) is 0 Å². The number of hydrogen-bond acceptors (Lipinski definition) is 3. The van der Waals surface area contributed by atoms with E-state index in [9.17, 15) is 0 Å². The molecule has 1 rings (SSSR count). The smallest absolute Gasteiger partial charge is 0.195 e. The molecule has 0 spiro atoms. The molecule has 0 radical (unpaired) electrons. The molecule has 13 heavy (non-hydrogen) atoms. The lowest BCUT2D eigenvalue weighted by atomic mass is 10.3. The Hall–Kier alpha value is -0.680. The molecule has 0 fully saturated rings. The summed E-state index contributed by atoms with van der Waals surface area (Å²) < 4.78 is 7.68. The van der Waals surface area contributed by atoms with Gasteiger partial charge in [0.05, 0.1) is 6.61 Å². The van der Waals surface area contributed by atoms with Crippen molar-refractivity contribution in [2.24, 2.45) is 0 Å². The van der Waals surface area contributed by atoms with Crippen LogP contribution in [-0.2, 0) is 11.2 Å². The molecule has 0 aliphatic carbocycles. The van der Waals surface area contributed by atoms with Crippen LogP contribution in [0.4, 0.5) is 0 Å². The highest BCUT2D eigenvalue weighted by molar-refractivity contribution is 7.71. The molecule has 0 saturated carbocycles. The van der Waals surface area contributed by atoms with Gasteiger partial charge in [-0.25, -0.2) is 0 Å². The lowest BCUT2D eigenvalue weighted by Gasteiger charge is -2.09. The third-order valence-corrected chi connectivity index (χ3v) is 2.11. The summed E-state index contributed by atoms with van der Waals surface area (Å²) in [7, 11) is 1.68. The van der Waals surface area contributed by atoms with Crippen molar-refractivity contribution in [2.45, 2.75) is 26.3 Å². The van der Waals surface area contributed by atoms with Crippen molar-refractivity contribution in [3.05, 3.63) is 10.6 Å². The fraction of sp³-hybridized carbons (Fsp3) is 0.750. The van der Waals surface area contributed by atoms with Gasteiger partial charge in [-0.1, -0.05) is 0 Å². The number of aromatic nitrogens is 3.